The number of halogens is 2. The van der Waals surface area contributed by atoms with Crippen LogP contribution in [0.5, 0.6) is 11.5 Å². The number of imidazole rings is 1. The van der Waals surface area contributed by atoms with Gasteiger partial charge in [0.15, 0.2) is 16.7 Å². The van der Waals surface area contributed by atoms with Crippen molar-refractivity contribution in [3.8, 4) is 11.5 Å². The van der Waals surface area contributed by atoms with Gasteiger partial charge in [0.05, 0.1) is 18.1 Å². The van der Waals surface area contributed by atoms with Crippen molar-refractivity contribution in [2.45, 2.75) is 23.9 Å². The van der Waals surface area contributed by atoms with Crippen molar-refractivity contribution in [3.63, 3.8) is 0 Å². The Kier molecular flexibility index (Phi) is 7.64. The highest BCUT2D eigenvalue weighted by Crippen LogP contribution is 2.29. The Balaban J connectivity index is 1.36. The Morgan fingerprint density at radius 3 is 2.68 bits per heavy atom. The molecular weight excluding hydrogens is 460 g/mol. The first-order valence-electron chi connectivity index (χ1n) is 10.6. The molecule has 176 valence electrons. The summed E-state index contributed by atoms with van der Waals surface area (Å²) in [6.07, 6.45) is 0.450. The Bertz CT molecular complexity index is 1250. The second kappa shape index (κ2) is 11.0. The molecule has 0 aliphatic rings. The number of hydrogen-bond acceptors (Lipinski definition) is 5. The first kappa shape index (κ1) is 23.6. The standard InChI is InChI=1S/C25H23F2N3O3S/c1-32-21-11-10-16(14-22(21)33-24(26)27)12-13-28-23(31)18-7-3-2-6-17(18)15-34-25-29-19-8-4-5-9-20(19)30-25/h2-11,14,24H,12-13,15H2,1H3,(H,28,31)(H,29,30). The van der Waals surface area contributed by atoms with Crippen molar-refractivity contribution in [2.75, 3.05) is 13.7 Å². The number of aromatic amines is 1. The van der Waals surface area contributed by atoms with E-state index in [-0.39, 0.29) is 17.4 Å². The number of amides is 1. The van der Waals surface area contributed by atoms with Crippen molar-refractivity contribution >= 4 is 28.7 Å². The van der Waals surface area contributed by atoms with E-state index in [1.54, 1.807) is 18.2 Å². The fourth-order valence-corrected chi connectivity index (χ4v) is 4.38. The Hall–Kier alpha value is -3.59. The lowest BCUT2D eigenvalue weighted by Gasteiger charge is -2.12. The molecule has 4 rings (SSSR count). The number of H-pyrrole nitrogens is 1. The third kappa shape index (κ3) is 5.85. The number of nitrogens with zero attached hydrogens (tertiary/aromatic N) is 1. The number of para-hydroxylation sites is 2. The third-order valence-electron chi connectivity index (χ3n) is 5.14. The minimum Gasteiger partial charge on any atom is -0.493 e. The molecule has 0 spiro atoms. The van der Waals surface area contributed by atoms with Gasteiger partial charge in [0, 0.05) is 17.9 Å². The van der Waals surface area contributed by atoms with E-state index in [4.69, 9.17) is 4.74 Å². The molecule has 1 amide bonds. The predicted octanol–water partition coefficient (Wildman–Crippen LogP) is 5.44. The minimum atomic E-state index is -2.95. The second-order valence-corrected chi connectivity index (χ2v) is 8.34. The number of methoxy groups -OCH3 is 1. The van der Waals surface area contributed by atoms with Crippen LogP contribution in [0.4, 0.5) is 8.78 Å². The molecular formula is C25H23F2N3O3S. The quantitative estimate of drug-likeness (QED) is 0.294. The number of nitrogens with one attached hydrogen (secondary N) is 2. The van der Waals surface area contributed by atoms with Gasteiger partial charge in [0.25, 0.3) is 5.91 Å². The average molecular weight is 484 g/mol. The van der Waals surface area contributed by atoms with Gasteiger partial charge in [0.2, 0.25) is 0 Å². The summed E-state index contributed by atoms with van der Waals surface area (Å²) in [6.45, 7) is -2.61. The lowest BCUT2D eigenvalue weighted by Crippen LogP contribution is -2.26. The van der Waals surface area contributed by atoms with Crippen LogP contribution in [-0.4, -0.2) is 36.1 Å². The molecule has 0 saturated carbocycles. The van der Waals surface area contributed by atoms with Gasteiger partial charge in [-0.3, -0.25) is 4.79 Å². The van der Waals surface area contributed by atoms with Crippen molar-refractivity contribution in [1.82, 2.24) is 15.3 Å². The number of fused-ring (bicyclic) bond motifs is 1. The van der Waals surface area contributed by atoms with Gasteiger partial charge in [-0.15, -0.1) is 0 Å². The lowest BCUT2D eigenvalue weighted by molar-refractivity contribution is -0.0512. The maximum atomic E-state index is 12.8. The van der Waals surface area contributed by atoms with Gasteiger partial charge < -0.3 is 19.8 Å². The summed E-state index contributed by atoms with van der Waals surface area (Å²) in [4.78, 5) is 20.7. The third-order valence-corrected chi connectivity index (χ3v) is 6.06. The first-order valence-corrected chi connectivity index (χ1v) is 11.6. The van der Waals surface area contributed by atoms with Crippen LogP contribution in [0.1, 0.15) is 21.5 Å². The fraction of sp³-hybridized carbons (Fsp3) is 0.200. The predicted molar refractivity (Wildman–Crippen MR) is 128 cm³/mol. The van der Waals surface area contributed by atoms with Crippen LogP contribution in [-0.2, 0) is 12.2 Å². The summed E-state index contributed by atoms with van der Waals surface area (Å²) >= 11 is 1.53. The van der Waals surface area contributed by atoms with Gasteiger partial charge in [-0.1, -0.05) is 48.2 Å². The molecule has 34 heavy (non-hydrogen) atoms. The summed E-state index contributed by atoms with van der Waals surface area (Å²) < 4.78 is 34.8. The number of carbonyl (C=O) groups excluding carboxylic acids is 1. The van der Waals surface area contributed by atoms with Crippen molar-refractivity contribution in [1.29, 1.82) is 0 Å². The monoisotopic (exact) mass is 483 g/mol. The molecule has 4 aromatic rings. The van der Waals surface area contributed by atoms with E-state index in [1.807, 2.05) is 42.5 Å². The number of alkyl halides is 2. The van der Waals surface area contributed by atoms with Crippen molar-refractivity contribution in [3.05, 3.63) is 83.4 Å². The molecule has 2 N–H and O–H groups in total. The molecule has 0 atom stereocenters. The normalized spacial score (nSPS) is 11.1. The molecule has 0 saturated heterocycles. The van der Waals surface area contributed by atoms with Crippen molar-refractivity contribution in [2.24, 2.45) is 0 Å². The van der Waals surface area contributed by atoms with Crippen LogP contribution < -0.4 is 14.8 Å². The van der Waals surface area contributed by atoms with Crippen LogP contribution in [0, 0.1) is 0 Å². The van der Waals surface area contributed by atoms with Gasteiger partial charge >= 0.3 is 6.61 Å². The highest BCUT2D eigenvalue weighted by atomic mass is 32.2. The Morgan fingerprint density at radius 2 is 1.88 bits per heavy atom. The molecule has 3 aromatic carbocycles. The minimum absolute atomic E-state index is 0.0331. The fourth-order valence-electron chi connectivity index (χ4n) is 3.49. The highest BCUT2D eigenvalue weighted by Gasteiger charge is 2.14. The van der Waals surface area contributed by atoms with E-state index >= 15 is 0 Å². The number of hydrogen-bond donors (Lipinski definition) is 2. The van der Waals surface area contributed by atoms with Crippen LogP contribution in [0.3, 0.4) is 0 Å². The lowest BCUT2D eigenvalue weighted by atomic mass is 10.1. The van der Waals surface area contributed by atoms with Gasteiger partial charge in [-0.05, 0) is 47.9 Å². The molecule has 0 aliphatic carbocycles. The number of aromatic nitrogens is 2. The zero-order chi connectivity index (χ0) is 23.9. The average Bonchev–Trinajstić information content (AvgIpc) is 3.26. The number of ether oxygens (including phenoxy) is 2. The summed E-state index contributed by atoms with van der Waals surface area (Å²) in [7, 11) is 1.39. The van der Waals surface area contributed by atoms with E-state index in [0.29, 0.717) is 24.3 Å². The van der Waals surface area contributed by atoms with Gasteiger partial charge in [-0.25, -0.2) is 4.98 Å². The Labute approximate surface area is 199 Å². The zero-order valence-corrected chi connectivity index (χ0v) is 19.2. The SMILES string of the molecule is COc1ccc(CCNC(=O)c2ccccc2CSc2nc3ccccc3[nH]2)cc1OC(F)F. The number of benzene rings is 3. The molecule has 1 aromatic heterocycles. The van der Waals surface area contributed by atoms with Crippen molar-refractivity contribution < 1.29 is 23.0 Å². The number of thioether (sulfide) groups is 1. The van der Waals surface area contributed by atoms with Crippen LogP contribution in [0.25, 0.3) is 11.0 Å². The summed E-state index contributed by atoms with van der Waals surface area (Å²) in [6, 6.07) is 20.0. The molecule has 0 aliphatic heterocycles. The highest BCUT2D eigenvalue weighted by molar-refractivity contribution is 7.98. The van der Waals surface area contributed by atoms with Crippen LogP contribution >= 0.6 is 11.8 Å². The molecule has 1 heterocycles. The van der Waals surface area contributed by atoms with E-state index in [0.717, 1.165) is 27.3 Å². The van der Waals surface area contributed by atoms with E-state index in [9.17, 15) is 13.6 Å². The molecule has 0 radical (unpaired) electrons. The largest absolute Gasteiger partial charge is 0.493 e. The van der Waals surface area contributed by atoms with E-state index in [2.05, 4.69) is 20.0 Å². The molecule has 6 nitrogen and oxygen atoms in total. The van der Waals surface area contributed by atoms with E-state index in [1.165, 1.54) is 24.9 Å². The first-order chi connectivity index (χ1) is 16.5. The second-order valence-electron chi connectivity index (χ2n) is 7.37. The smallest absolute Gasteiger partial charge is 0.387 e. The van der Waals surface area contributed by atoms with E-state index < -0.39 is 6.61 Å². The summed E-state index contributed by atoms with van der Waals surface area (Å²) in [5, 5.41) is 3.69. The topological polar surface area (TPSA) is 76.2 Å². The maximum absolute atomic E-state index is 12.8. The Morgan fingerprint density at radius 1 is 1.09 bits per heavy atom. The zero-order valence-electron chi connectivity index (χ0n) is 18.4. The van der Waals surface area contributed by atoms with Gasteiger partial charge in [0.1, 0.15) is 0 Å². The molecule has 0 bridgehead atoms. The summed E-state index contributed by atoms with van der Waals surface area (Å²) in [5.74, 6) is 0.576. The molecule has 9 heteroatoms. The number of carbonyl (C=O) groups is 1. The molecule has 0 fully saturated rings. The maximum Gasteiger partial charge on any atom is 0.387 e. The summed E-state index contributed by atoms with van der Waals surface area (Å²) in [5.41, 5.74) is 4.09. The van der Waals surface area contributed by atoms with Gasteiger partial charge in [-0.2, -0.15) is 8.78 Å². The number of rotatable bonds is 10. The van der Waals surface area contributed by atoms with Crippen LogP contribution in [0.2, 0.25) is 0 Å². The molecule has 0 unspecified atom stereocenters. The van der Waals surface area contributed by atoms with Crippen LogP contribution in [0.15, 0.2) is 71.9 Å².